The van der Waals surface area contributed by atoms with Gasteiger partial charge in [0.1, 0.15) is 0 Å². The van der Waals surface area contributed by atoms with Crippen molar-refractivity contribution in [3.63, 3.8) is 0 Å². The SMILES string of the molecule is C[N+](C)(C)CCN1C(=O)C2C(C1=O)[C@H]1C=C[C@@H]2C1. The van der Waals surface area contributed by atoms with Gasteiger partial charge in [0.25, 0.3) is 0 Å². The van der Waals surface area contributed by atoms with E-state index in [0.717, 1.165) is 17.4 Å². The number of rotatable bonds is 3. The normalized spacial score (nSPS) is 37.8. The van der Waals surface area contributed by atoms with E-state index in [1.54, 1.807) is 0 Å². The highest BCUT2D eigenvalue weighted by molar-refractivity contribution is 6.06. The number of nitrogens with zero attached hydrogens (tertiary/aromatic N) is 2. The van der Waals surface area contributed by atoms with E-state index in [4.69, 9.17) is 0 Å². The lowest BCUT2D eigenvalue weighted by molar-refractivity contribution is -0.869. The Morgan fingerprint density at radius 3 is 2.06 bits per heavy atom. The molecule has 4 nitrogen and oxygen atoms in total. The van der Waals surface area contributed by atoms with Gasteiger partial charge in [-0.05, 0) is 18.3 Å². The molecule has 0 spiro atoms. The molecule has 98 valence electrons. The summed E-state index contributed by atoms with van der Waals surface area (Å²) in [6.07, 6.45) is 5.29. The van der Waals surface area contributed by atoms with Gasteiger partial charge in [-0.1, -0.05) is 12.2 Å². The van der Waals surface area contributed by atoms with Crippen molar-refractivity contribution in [3.8, 4) is 0 Å². The Balaban J connectivity index is 1.76. The summed E-state index contributed by atoms with van der Waals surface area (Å²) >= 11 is 0. The van der Waals surface area contributed by atoms with Gasteiger partial charge >= 0.3 is 0 Å². The van der Waals surface area contributed by atoms with Crippen LogP contribution < -0.4 is 0 Å². The molecule has 0 aromatic heterocycles. The van der Waals surface area contributed by atoms with Gasteiger partial charge in [0.05, 0.1) is 46.1 Å². The van der Waals surface area contributed by atoms with Crippen LogP contribution in [0.4, 0.5) is 0 Å². The second kappa shape index (κ2) is 3.67. The highest BCUT2D eigenvalue weighted by Gasteiger charge is 2.59. The van der Waals surface area contributed by atoms with Gasteiger partial charge in [0, 0.05) is 0 Å². The molecule has 1 saturated carbocycles. The smallest absolute Gasteiger partial charge is 0.233 e. The lowest BCUT2D eigenvalue weighted by Gasteiger charge is -2.26. The van der Waals surface area contributed by atoms with Crippen LogP contribution in [0.25, 0.3) is 0 Å². The molecule has 0 aromatic rings. The second-order valence-electron chi connectivity index (χ2n) is 6.84. The Labute approximate surface area is 108 Å². The predicted octanol–water partition coefficient (Wildman–Crippen LogP) is 0.500. The van der Waals surface area contributed by atoms with E-state index in [1.165, 1.54) is 4.90 Å². The van der Waals surface area contributed by atoms with Crippen molar-refractivity contribution in [2.24, 2.45) is 23.7 Å². The third-order valence-corrected chi connectivity index (χ3v) is 4.56. The molecule has 0 N–H and O–H groups in total. The number of fused-ring (bicyclic) bond motifs is 5. The number of imide groups is 1. The maximum Gasteiger partial charge on any atom is 0.233 e. The summed E-state index contributed by atoms with van der Waals surface area (Å²) < 4.78 is 0.775. The first-order valence-corrected chi connectivity index (χ1v) is 6.72. The number of hydrogen-bond donors (Lipinski definition) is 0. The first-order chi connectivity index (χ1) is 8.38. The maximum atomic E-state index is 12.4. The molecule has 1 aliphatic heterocycles. The van der Waals surface area contributed by atoms with Crippen molar-refractivity contribution in [1.29, 1.82) is 0 Å². The van der Waals surface area contributed by atoms with Crippen LogP contribution in [-0.2, 0) is 9.59 Å². The average molecular weight is 249 g/mol. The molecule has 2 unspecified atom stereocenters. The monoisotopic (exact) mass is 249 g/mol. The van der Waals surface area contributed by atoms with Gasteiger partial charge in [-0.3, -0.25) is 14.5 Å². The van der Waals surface area contributed by atoms with E-state index in [0.29, 0.717) is 18.4 Å². The topological polar surface area (TPSA) is 37.4 Å². The zero-order valence-corrected chi connectivity index (χ0v) is 11.3. The molecule has 18 heavy (non-hydrogen) atoms. The molecule has 3 aliphatic rings. The van der Waals surface area contributed by atoms with E-state index in [1.807, 2.05) is 0 Å². The minimum Gasteiger partial charge on any atom is -0.329 e. The van der Waals surface area contributed by atoms with Crippen molar-refractivity contribution in [2.45, 2.75) is 6.42 Å². The molecule has 2 bridgehead atoms. The van der Waals surface area contributed by atoms with Crippen LogP contribution in [0.15, 0.2) is 12.2 Å². The van der Waals surface area contributed by atoms with E-state index < -0.39 is 0 Å². The summed E-state index contributed by atoms with van der Waals surface area (Å²) in [6, 6.07) is 0. The summed E-state index contributed by atoms with van der Waals surface area (Å²) in [5.41, 5.74) is 0. The van der Waals surface area contributed by atoms with Crippen LogP contribution >= 0.6 is 0 Å². The van der Waals surface area contributed by atoms with Crippen LogP contribution in [0.1, 0.15) is 6.42 Å². The Morgan fingerprint density at radius 2 is 1.61 bits per heavy atom. The molecule has 4 atom stereocenters. The average Bonchev–Trinajstić information content (AvgIpc) is 2.90. The molecular formula is C14H21N2O2+. The van der Waals surface area contributed by atoms with Crippen molar-refractivity contribution in [3.05, 3.63) is 12.2 Å². The molecule has 2 fully saturated rings. The van der Waals surface area contributed by atoms with Gasteiger partial charge in [-0.25, -0.2) is 0 Å². The zero-order valence-electron chi connectivity index (χ0n) is 11.3. The van der Waals surface area contributed by atoms with Crippen LogP contribution in [0.5, 0.6) is 0 Å². The highest BCUT2D eigenvalue weighted by atomic mass is 16.2. The first kappa shape index (κ1) is 11.9. The number of carbonyl (C=O) groups is 2. The lowest BCUT2D eigenvalue weighted by atomic mass is 9.85. The summed E-state index contributed by atoms with van der Waals surface area (Å²) in [4.78, 5) is 26.3. The molecule has 1 saturated heterocycles. The van der Waals surface area contributed by atoms with Gasteiger partial charge in [-0.15, -0.1) is 0 Å². The van der Waals surface area contributed by atoms with Crippen molar-refractivity contribution in [2.75, 3.05) is 34.2 Å². The van der Waals surface area contributed by atoms with Crippen LogP contribution in [0, 0.1) is 23.7 Å². The van der Waals surface area contributed by atoms with E-state index in [-0.39, 0.29) is 23.7 Å². The van der Waals surface area contributed by atoms with E-state index in [9.17, 15) is 9.59 Å². The van der Waals surface area contributed by atoms with Gasteiger partial charge in [0.15, 0.2) is 0 Å². The second-order valence-corrected chi connectivity index (χ2v) is 6.84. The van der Waals surface area contributed by atoms with Crippen LogP contribution in [0.3, 0.4) is 0 Å². The molecule has 2 amide bonds. The Hall–Kier alpha value is -1.16. The van der Waals surface area contributed by atoms with Crippen molar-refractivity contribution < 1.29 is 14.1 Å². The van der Waals surface area contributed by atoms with Crippen LogP contribution in [-0.4, -0.2) is 55.4 Å². The lowest BCUT2D eigenvalue weighted by Crippen LogP contribution is -2.44. The molecule has 3 rings (SSSR count). The number of carbonyl (C=O) groups excluding carboxylic acids is 2. The maximum absolute atomic E-state index is 12.4. The fourth-order valence-electron chi connectivity index (χ4n) is 3.58. The summed E-state index contributed by atoms with van der Waals surface area (Å²) in [5, 5.41) is 0. The molecule has 4 heteroatoms. The largest absolute Gasteiger partial charge is 0.329 e. The Kier molecular flexibility index (Phi) is 2.43. The van der Waals surface area contributed by atoms with Gasteiger partial charge < -0.3 is 4.48 Å². The van der Waals surface area contributed by atoms with Gasteiger partial charge in [0.2, 0.25) is 11.8 Å². The number of amides is 2. The fourth-order valence-corrected chi connectivity index (χ4v) is 3.58. The zero-order chi connectivity index (χ0) is 13.1. The molecule has 2 aliphatic carbocycles. The number of likely N-dealkylation sites (tertiary alicyclic amines) is 1. The van der Waals surface area contributed by atoms with Crippen molar-refractivity contribution in [1.82, 2.24) is 4.90 Å². The number of hydrogen-bond acceptors (Lipinski definition) is 2. The Morgan fingerprint density at radius 1 is 1.11 bits per heavy atom. The molecular weight excluding hydrogens is 228 g/mol. The highest BCUT2D eigenvalue weighted by Crippen LogP contribution is 2.52. The minimum atomic E-state index is -0.0417. The number of allylic oxidation sites excluding steroid dienone is 2. The third-order valence-electron chi connectivity index (χ3n) is 4.56. The van der Waals surface area contributed by atoms with Crippen LogP contribution in [0.2, 0.25) is 0 Å². The summed E-state index contributed by atoms with van der Waals surface area (Å²) in [6.45, 7) is 1.38. The standard InChI is InChI=1S/C14H21N2O2/c1-16(2,3)7-6-15-13(17)11-9-4-5-10(8-9)12(11)14(15)18/h4-5,9-12H,6-8H2,1-3H3/q+1/t9-,10+,11?,12?. The van der Waals surface area contributed by atoms with Gasteiger partial charge in [-0.2, -0.15) is 0 Å². The van der Waals surface area contributed by atoms with E-state index >= 15 is 0 Å². The molecule has 0 aromatic carbocycles. The number of likely N-dealkylation sites (N-methyl/N-ethyl adjacent to an activating group) is 1. The first-order valence-electron chi connectivity index (χ1n) is 6.72. The fraction of sp³-hybridized carbons (Fsp3) is 0.714. The Bertz CT molecular complexity index is 406. The number of quaternary nitrogens is 1. The summed E-state index contributed by atoms with van der Waals surface area (Å²) in [5.74, 6) is 0.724. The molecule has 1 heterocycles. The van der Waals surface area contributed by atoms with E-state index in [2.05, 4.69) is 33.3 Å². The molecule has 0 radical (unpaired) electrons. The minimum absolute atomic E-state index is 0.0417. The predicted molar refractivity (Wildman–Crippen MR) is 67.3 cm³/mol. The third kappa shape index (κ3) is 1.62. The quantitative estimate of drug-likeness (QED) is 0.415. The summed E-state index contributed by atoms with van der Waals surface area (Å²) in [7, 11) is 6.24. The van der Waals surface area contributed by atoms with Crippen molar-refractivity contribution >= 4 is 11.8 Å².